The highest BCUT2D eigenvalue weighted by Crippen LogP contribution is 2.25. The van der Waals surface area contributed by atoms with Gasteiger partial charge in [0.25, 0.3) is 0 Å². The van der Waals surface area contributed by atoms with Gasteiger partial charge in [0.15, 0.2) is 0 Å². The first kappa shape index (κ1) is 14.5. The molecule has 0 saturated heterocycles. The molecule has 0 aliphatic carbocycles. The predicted molar refractivity (Wildman–Crippen MR) is 94.5 cm³/mol. The number of thiophene rings is 1. The van der Waals surface area contributed by atoms with Crippen molar-refractivity contribution in [3.63, 3.8) is 0 Å². The molecule has 0 fully saturated rings. The Bertz CT molecular complexity index is 1180. The molecule has 0 bridgehead atoms. The van der Waals surface area contributed by atoms with Gasteiger partial charge in [-0.15, -0.1) is 16.0 Å². The van der Waals surface area contributed by atoms with Crippen molar-refractivity contribution < 1.29 is 4.74 Å². The smallest absolute Gasteiger partial charge is 0.350 e. The van der Waals surface area contributed by atoms with E-state index in [1.54, 1.807) is 25.3 Å². The molecule has 4 rings (SSSR count). The van der Waals surface area contributed by atoms with Crippen LogP contribution in [0.2, 0.25) is 0 Å². The molecule has 0 amide bonds. The molecule has 0 aliphatic rings. The van der Waals surface area contributed by atoms with Gasteiger partial charge < -0.3 is 14.7 Å². The van der Waals surface area contributed by atoms with Crippen LogP contribution in [0.5, 0.6) is 5.75 Å². The first-order chi connectivity index (χ1) is 11.7. The Morgan fingerprint density at radius 2 is 2.08 bits per heavy atom. The van der Waals surface area contributed by atoms with E-state index in [4.69, 9.17) is 4.74 Å². The number of nitrogens with zero attached hydrogens (tertiary/aromatic N) is 2. The van der Waals surface area contributed by atoms with E-state index >= 15 is 0 Å². The molecular formula is C16H12N4O3S. The fourth-order valence-electron chi connectivity index (χ4n) is 2.53. The molecule has 120 valence electrons. The number of H-pyrrole nitrogens is 2. The van der Waals surface area contributed by atoms with Gasteiger partial charge in [0.1, 0.15) is 11.3 Å². The van der Waals surface area contributed by atoms with Crippen LogP contribution in [0.15, 0.2) is 50.4 Å². The van der Waals surface area contributed by atoms with Crippen LogP contribution in [-0.4, -0.2) is 28.0 Å². The molecule has 4 aromatic rings. The Labute approximate surface area is 138 Å². The van der Waals surface area contributed by atoms with E-state index in [0.29, 0.717) is 22.2 Å². The van der Waals surface area contributed by atoms with Crippen LogP contribution in [0.4, 0.5) is 0 Å². The third-order valence-corrected chi connectivity index (χ3v) is 4.49. The summed E-state index contributed by atoms with van der Waals surface area (Å²) in [4.78, 5) is 31.5. The van der Waals surface area contributed by atoms with E-state index in [1.165, 1.54) is 17.6 Å². The molecule has 0 saturated carbocycles. The van der Waals surface area contributed by atoms with E-state index < -0.39 is 11.2 Å². The van der Waals surface area contributed by atoms with Crippen LogP contribution in [0.1, 0.15) is 4.88 Å². The monoisotopic (exact) mass is 340 g/mol. The van der Waals surface area contributed by atoms with E-state index in [1.807, 2.05) is 17.5 Å². The van der Waals surface area contributed by atoms with Crippen LogP contribution >= 0.6 is 11.3 Å². The van der Waals surface area contributed by atoms with E-state index in [9.17, 15) is 9.59 Å². The van der Waals surface area contributed by atoms with Crippen LogP contribution < -0.4 is 16.0 Å². The minimum Gasteiger partial charge on any atom is -0.497 e. The quantitative estimate of drug-likeness (QED) is 0.560. The van der Waals surface area contributed by atoms with Crippen molar-refractivity contribution in [3.8, 4) is 5.75 Å². The van der Waals surface area contributed by atoms with Crippen LogP contribution in [0, 0.1) is 0 Å². The second kappa shape index (κ2) is 5.50. The molecular weight excluding hydrogens is 328 g/mol. The Morgan fingerprint density at radius 1 is 1.21 bits per heavy atom. The standard InChI is InChI=1S/C16H12N4O3S/c1-23-9-4-5-12-11(7-9)13-14(18-12)15(21)20(16(22)19-13)17-8-10-3-2-6-24-10/h2-8,18H,1H3,(H,19,22). The van der Waals surface area contributed by atoms with Crippen molar-refractivity contribution in [1.29, 1.82) is 0 Å². The van der Waals surface area contributed by atoms with E-state index in [0.717, 1.165) is 15.1 Å². The maximum Gasteiger partial charge on any atom is 0.350 e. The summed E-state index contributed by atoms with van der Waals surface area (Å²) in [6, 6.07) is 9.06. The Morgan fingerprint density at radius 3 is 2.83 bits per heavy atom. The number of nitrogens with one attached hydrogen (secondary N) is 2. The summed E-state index contributed by atoms with van der Waals surface area (Å²) in [7, 11) is 1.56. The molecule has 2 N–H and O–H groups in total. The van der Waals surface area contributed by atoms with Gasteiger partial charge in [-0.1, -0.05) is 6.07 Å². The molecule has 3 aromatic heterocycles. The highest BCUT2D eigenvalue weighted by molar-refractivity contribution is 7.11. The van der Waals surface area contributed by atoms with E-state index in [-0.39, 0.29) is 0 Å². The lowest BCUT2D eigenvalue weighted by Crippen LogP contribution is -2.32. The summed E-state index contributed by atoms with van der Waals surface area (Å²) in [5, 5.41) is 6.61. The van der Waals surface area contributed by atoms with Gasteiger partial charge in [0, 0.05) is 15.8 Å². The Kier molecular flexibility index (Phi) is 3.31. The number of aromatic amines is 2. The average molecular weight is 340 g/mol. The highest BCUT2D eigenvalue weighted by atomic mass is 32.1. The highest BCUT2D eigenvalue weighted by Gasteiger charge is 2.13. The van der Waals surface area contributed by atoms with Gasteiger partial charge in [-0.25, -0.2) is 4.79 Å². The predicted octanol–water partition coefficient (Wildman–Crippen LogP) is 2.12. The lowest BCUT2D eigenvalue weighted by Gasteiger charge is -1.99. The third kappa shape index (κ3) is 2.24. The number of benzene rings is 1. The third-order valence-electron chi connectivity index (χ3n) is 3.68. The summed E-state index contributed by atoms with van der Waals surface area (Å²) in [5.41, 5.74) is 0.377. The molecule has 7 nitrogen and oxygen atoms in total. The molecule has 0 aliphatic heterocycles. The van der Waals surface area contributed by atoms with Gasteiger partial charge >= 0.3 is 11.2 Å². The minimum atomic E-state index is -0.593. The molecule has 0 spiro atoms. The topological polar surface area (TPSA) is 92.2 Å². The van der Waals surface area contributed by atoms with Crippen molar-refractivity contribution in [1.82, 2.24) is 14.6 Å². The average Bonchev–Trinajstić information content (AvgIpc) is 3.22. The number of hydrogen-bond donors (Lipinski definition) is 2. The maximum absolute atomic E-state index is 12.6. The Hall–Kier alpha value is -3.13. The number of rotatable bonds is 3. The molecule has 1 aromatic carbocycles. The second-order valence-electron chi connectivity index (χ2n) is 5.09. The van der Waals surface area contributed by atoms with Crippen LogP contribution in [0.25, 0.3) is 21.9 Å². The molecule has 0 unspecified atom stereocenters. The number of hydrogen-bond acceptors (Lipinski definition) is 5. The van der Waals surface area contributed by atoms with Gasteiger partial charge in [-0.2, -0.15) is 5.10 Å². The maximum atomic E-state index is 12.6. The number of methoxy groups -OCH3 is 1. The largest absolute Gasteiger partial charge is 0.497 e. The van der Waals surface area contributed by atoms with Crippen molar-refractivity contribution in [2.45, 2.75) is 0 Å². The zero-order valence-electron chi connectivity index (χ0n) is 12.6. The van der Waals surface area contributed by atoms with E-state index in [2.05, 4.69) is 15.1 Å². The zero-order chi connectivity index (χ0) is 16.7. The first-order valence-corrected chi connectivity index (χ1v) is 7.98. The van der Waals surface area contributed by atoms with Crippen molar-refractivity contribution in [2.24, 2.45) is 5.10 Å². The molecule has 0 radical (unpaired) electrons. The van der Waals surface area contributed by atoms with Crippen LogP contribution in [0.3, 0.4) is 0 Å². The second-order valence-corrected chi connectivity index (χ2v) is 6.07. The van der Waals surface area contributed by atoms with Crippen LogP contribution in [-0.2, 0) is 0 Å². The number of ether oxygens (including phenoxy) is 1. The molecule has 3 heterocycles. The Balaban J connectivity index is 1.96. The summed E-state index contributed by atoms with van der Waals surface area (Å²) >= 11 is 1.47. The van der Waals surface area contributed by atoms with Gasteiger partial charge in [0.05, 0.1) is 18.8 Å². The molecule has 24 heavy (non-hydrogen) atoms. The lowest BCUT2D eigenvalue weighted by molar-refractivity contribution is 0.415. The van der Waals surface area contributed by atoms with Gasteiger partial charge in [-0.05, 0) is 29.6 Å². The number of fused-ring (bicyclic) bond motifs is 3. The van der Waals surface area contributed by atoms with Crippen molar-refractivity contribution in [2.75, 3.05) is 7.11 Å². The SMILES string of the molecule is COc1ccc2[nH]c3c(=O)n(N=Cc4cccs4)c(=O)[nH]c3c2c1. The normalized spacial score (nSPS) is 11.7. The minimum absolute atomic E-state index is 0.293. The fourth-order valence-corrected chi connectivity index (χ4v) is 3.11. The summed E-state index contributed by atoms with van der Waals surface area (Å²) in [6.45, 7) is 0. The lowest BCUT2D eigenvalue weighted by atomic mass is 10.2. The molecule has 8 heteroatoms. The summed E-state index contributed by atoms with van der Waals surface area (Å²) < 4.78 is 6.01. The fraction of sp³-hybridized carbons (Fsp3) is 0.0625. The zero-order valence-corrected chi connectivity index (χ0v) is 13.4. The van der Waals surface area contributed by atoms with Crippen molar-refractivity contribution in [3.05, 3.63) is 61.4 Å². The van der Waals surface area contributed by atoms with Gasteiger partial charge in [0.2, 0.25) is 0 Å². The summed E-state index contributed by atoms with van der Waals surface area (Å²) in [6.07, 6.45) is 1.48. The van der Waals surface area contributed by atoms with Gasteiger partial charge in [-0.3, -0.25) is 4.79 Å². The first-order valence-electron chi connectivity index (χ1n) is 7.10. The molecule has 0 atom stereocenters. The van der Waals surface area contributed by atoms with Crippen molar-refractivity contribution >= 4 is 39.5 Å². The number of aromatic nitrogens is 3. The summed E-state index contributed by atoms with van der Waals surface area (Å²) in [5.74, 6) is 0.643.